The molecule has 3 N–H and O–H groups in total. The summed E-state index contributed by atoms with van der Waals surface area (Å²) in [7, 11) is 6.85. The molecule has 0 unspecified atom stereocenters. The summed E-state index contributed by atoms with van der Waals surface area (Å²) in [6, 6.07) is 4.44. The van der Waals surface area contributed by atoms with Gasteiger partial charge in [0.1, 0.15) is 18.4 Å². The zero-order valence-electron chi connectivity index (χ0n) is 40.3. The van der Waals surface area contributed by atoms with Gasteiger partial charge in [-0.25, -0.2) is 4.98 Å². The Labute approximate surface area is 403 Å². The first-order chi connectivity index (χ1) is 33.3. The maximum atomic E-state index is 14.4. The van der Waals surface area contributed by atoms with Gasteiger partial charge in [0.05, 0.1) is 36.7 Å². The number of hydrogen-bond acceptors (Lipinski definition) is 18. The summed E-state index contributed by atoms with van der Waals surface area (Å²) in [5.74, 6) is -4.69. The number of methoxy groups -OCH3 is 1. The fraction of sp³-hybridized carbons (Fsp3) is 0.522. The first kappa shape index (κ1) is 52.0. The molecule has 0 spiro atoms. The second-order valence-electron chi connectivity index (χ2n) is 17.0. The number of carbonyl (C=O) groups is 8. The first-order valence-corrected chi connectivity index (χ1v) is 22.6. The maximum Gasteiger partial charge on any atom is 0.303 e. The van der Waals surface area contributed by atoms with Crippen molar-refractivity contribution in [3.63, 3.8) is 0 Å². The zero-order chi connectivity index (χ0) is 50.8. The third kappa shape index (κ3) is 13.0. The van der Waals surface area contributed by atoms with E-state index in [1.54, 1.807) is 30.3 Å². The third-order valence-electron chi connectivity index (χ3n) is 11.3. The molecule has 3 aliphatic rings. The van der Waals surface area contributed by atoms with E-state index in [1.807, 2.05) is 19.0 Å². The summed E-state index contributed by atoms with van der Waals surface area (Å²) in [5, 5.41) is 8.21. The van der Waals surface area contributed by atoms with Gasteiger partial charge < -0.3 is 68.0 Å². The van der Waals surface area contributed by atoms with Crippen LogP contribution >= 0.6 is 0 Å². The second kappa shape index (κ2) is 23.3. The van der Waals surface area contributed by atoms with E-state index < -0.39 is 78.8 Å². The summed E-state index contributed by atoms with van der Waals surface area (Å²) in [6.45, 7) is 5.62. The Morgan fingerprint density at radius 1 is 0.857 bits per heavy atom. The van der Waals surface area contributed by atoms with Crippen LogP contribution < -0.4 is 25.4 Å². The largest absolute Gasteiger partial charge is 0.493 e. The fourth-order valence-electron chi connectivity index (χ4n) is 8.22. The van der Waals surface area contributed by atoms with E-state index in [2.05, 4.69) is 25.9 Å². The number of benzene rings is 1. The van der Waals surface area contributed by atoms with Gasteiger partial charge in [-0.15, -0.1) is 0 Å². The molecule has 4 amide bonds. The minimum absolute atomic E-state index is 0.00327. The van der Waals surface area contributed by atoms with Crippen molar-refractivity contribution in [3.05, 3.63) is 47.7 Å². The van der Waals surface area contributed by atoms with Gasteiger partial charge in [-0.3, -0.25) is 43.3 Å². The van der Waals surface area contributed by atoms with Crippen LogP contribution in [0.25, 0.3) is 0 Å². The van der Waals surface area contributed by atoms with Crippen LogP contribution in [0.1, 0.15) is 97.5 Å². The summed E-state index contributed by atoms with van der Waals surface area (Å²) >= 11 is 0. The van der Waals surface area contributed by atoms with Crippen LogP contribution in [0, 0.1) is 0 Å². The first-order valence-electron chi connectivity index (χ1n) is 22.6. The molecule has 2 fully saturated rings. The molecule has 5 heterocycles. The Morgan fingerprint density at radius 3 is 2.26 bits per heavy atom. The standard InChI is InChI=1S/C46H59N9O15/c1-25(56)66-24-36-39(67-26(2)57)40(68-27(3)58)41(69-28(4)59)46(70-36)55-22-29(18-33(55)43(61)51-37-23-53(7)42(50-37)44(62)47-14-11-15-52(5)6)49-38(60)13-10-17-65-35-20-32-31(19-34(35)64-8)45(63)54-16-9-12-30(54)21-48-32/h18-23,30,36,39-41,46H,9-17,24H2,1-8H3,(H,47,62)(H,49,60)(H,51,61)/t30-,36-,39-,40+,41-,46+/m1/s1. The van der Waals surface area contributed by atoms with Crippen LogP contribution in [0.2, 0.25) is 0 Å². The maximum absolute atomic E-state index is 14.4. The van der Waals surface area contributed by atoms with Crippen molar-refractivity contribution in [3.8, 4) is 11.5 Å². The molecule has 3 aliphatic heterocycles. The molecule has 0 bridgehead atoms. The van der Waals surface area contributed by atoms with E-state index in [0.29, 0.717) is 42.3 Å². The molecule has 1 aromatic carbocycles. The average molecular weight is 978 g/mol. The van der Waals surface area contributed by atoms with E-state index in [-0.39, 0.29) is 54.4 Å². The van der Waals surface area contributed by atoms with Crippen molar-refractivity contribution < 1.29 is 71.5 Å². The van der Waals surface area contributed by atoms with Crippen molar-refractivity contribution in [2.45, 2.75) is 96.5 Å². The van der Waals surface area contributed by atoms with Gasteiger partial charge in [0, 0.05) is 78.9 Å². The number of aryl methyl sites for hydroxylation is 1. The number of aliphatic imine (C=N–C) groups is 1. The topological polar surface area (TPSA) is 279 Å². The number of esters is 4. The van der Waals surface area contributed by atoms with Gasteiger partial charge in [0.25, 0.3) is 17.7 Å². The zero-order valence-corrected chi connectivity index (χ0v) is 40.3. The predicted octanol–water partition coefficient (Wildman–Crippen LogP) is 2.54. The summed E-state index contributed by atoms with van der Waals surface area (Å²) in [5.41, 5.74) is 0.663. The van der Waals surface area contributed by atoms with Crippen molar-refractivity contribution in [1.82, 2.24) is 29.2 Å². The molecular weight excluding hydrogens is 919 g/mol. The lowest BCUT2D eigenvalue weighted by Gasteiger charge is -2.45. The molecule has 24 heteroatoms. The van der Waals surface area contributed by atoms with Gasteiger partial charge in [0.2, 0.25) is 11.7 Å². The Morgan fingerprint density at radius 2 is 1.57 bits per heavy atom. The number of imidazole rings is 1. The van der Waals surface area contributed by atoms with E-state index in [1.165, 1.54) is 34.7 Å². The van der Waals surface area contributed by atoms with Gasteiger partial charge in [-0.2, -0.15) is 0 Å². The highest BCUT2D eigenvalue weighted by molar-refractivity contribution is 6.05. The number of rotatable bonds is 20. The van der Waals surface area contributed by atoms with E-state index in [9.17, 15) is 38.4 Å². The van der Waals surface area contributed by atoms with Gasteiger partial charge in [-0.05, 0) is 58.5 Å². The molecule has 6 rings (SSSR count). The predicted molar refractivity (Wildman–Crippen MR) is 247 cm³/mol. The molecule has 0 aliphatic carbocycles. The molecular formula is C46H59N9O15. The Balaban J connectivity index is 1.27. The highest BCUT2D eigenvalue weighted by Gasteiger charge is 2.53. The monoisotopic (exact) mass is 977 g/mol. The van der Waals surface area contributed by atoms with Crippen LogP contribution in [0.4, 0.5) is 17.2 Å². The van der Waals surface area contributed by atoms with E-state index >= 15 is 0 Å². The smallest absolute Gasteiger partial charge is 0.303 e. The number of carbonyl (C=O) groups excluding carboxylic acids is 8. The quantitative estimate of drug-likeness (QED) is 0.0833. The molecule has 24 nitrogen and oxygen atoms in total. The molecule has 378 valence electrons. The number of aromatic nitrogens is 3. The number of anilines is 2. The summed E-state index contributed by atoms with van der Waals surface area (Å²) in [6.07, 6.45) is -0.659. The number of nitrogens with zero attached hydrogens (tertiary/aromatic N) is 6. The summed E-state index contributed by atoms with van der Waals surface area (Å²) < 4.78 is 42.6. The third-order valence-corrected chi connectivity index (χ3v) is 11.3. The minimum Gasteiger partial charge on any atom is -0.493 e. The number of amides is 4. The molecule has 2 saturated heterocycles. The second-order valence-corrected chi connectivity index (χ2v) is 17.0. The molecule has 6 atom stereocenters. The molecule has 0 saturated carbocycles. The van der Waals surface area contributed by atoms with Crippen LogP contribution in [-0.4, -0.2) is 162 Å². The number of nitrogens with one attached hydrogen (secondary N) is 3. The highest BCUT2D eigenvalue weighted by Crippen LogP contribution is 2.39. The number of fused-ring (bicyclic) bond motifs is 2. The fourth-order valence-corrected chi connectivity index (χ4v) is 8.22. The average Bonchev–Trinajstić information content (AvgIpc) is 4.02. The lowest BCUT2D eigenvalue weighted by molar-refractivity contribution is -0.268. The molecule has 0 radical (unpaired) electrons. The van der Waals surface area contributed by atoms with Crippen LogP contribution in [0.5, 0.6) is 11.5 Å². The lowest BCUT2D eigenvalue weighted by atomic mass is 9.97. The van der Waals surface area contributed by atoms with Crippen molar-refractivity contribution in [2.75, 3.05) is 64.7 Å². The lowest BCUT2D eigenvalue weighted by Crippen LogP contribution is -2.60. The van der Waals surface area contributed by atoms with Gasteiger partial charge in [-0.1, -0.05) is 0 Å². The van der Waals surface area contributed by atoms with E-state index in [0.717, 1.165) is 47.1 Å². The van der Waals surface area contributed by atoms with Crippen molar-refractivity contribution in [1.29, 1.82) is 0 Å². The molecule has 3 aromatic rings. The highest BCUT2D eigenvalue weighted by atomic mass is 16.7. The Kier molecular flexibility index (Phi) is 17.3. The number of ether oxygens (including phenoxy) is 7. The SMILES string of the molecule is COc1cc2c(cc1OCCCC(=O)Nc1cc(C(=O)Nc3cn(C)c(C(=O)NCCCN(C)C)n3)n([C@H]3O[C@H](COC(C)=O)[C@@H](OC(C)=O)[C@H](OC(C)=O)[C@H]3OC(C)=O)c1)N=C[C@H]1CCCN1C2=O. The van der Waals surface area contributed by atoms with E-state index in [4.69, 9.17) is 33.2 Å². The van der Waals surface area contributed by atoms with Crippen LogP contribution in [0.3, 0.4) is 0 Å². The molecule has 70 heavy (non-hydrogen) atoms. The minimum atomic E-state index is -1.62. The van der Waals surface area contributed by atoms with Crippen LogP contribution in [0.15, 0.2) is 35.6 Å². The molecule has 2 aromatic heterocycles. The number of hydrogen-bond donors (Lipinski definition) is 3. The van der Waals surface area contributed by atoms with Crippen molar-refractivity contribution >= 4 is 70.9 Å². The normalized spacial score (nSPS) is 20.4. The summed E-state index contributed by atoms with van der Waals surface area (Å²) in [4.78, 5) is 117. The van der Waals surface area contributed by atoms with Crippen molar-refractivity contribution in [2.24, 2.45) is 12.0 Å². The van der Waals surface area contributed by atoms with Gasteiger partial charge in [0.15, 0.2) is 41.9 Å². The Bertz CT molecular complexity index is 2500. The Hall–Kier alpha value is -7.34. The van der Waals surface area contributed by atoms with Gasteiger partial charge >= 0.3 is 23.9 Å². The van der Waals surface area contributed by atoms with Crippen LogP contribution in [-0.2, 0) is 54.7 Å².